The zero-order valence-corrected chi connectivity index (χ0v) is 15.0. The van der Waals surface area contributed by atoms with Crippen LogP contribution in [-0.2, 0) is 0 Å². The number of fused-ring (bicyclic) bond motifs is 1. The number of hydrogen-bond acceptors (Lipinski definition) is 3. The fraction of sp³-hybridized carbons (Fsp3) is 0.300. The molecule has 1 heterocycles. The van der Waals surface area contributed by atoms with Crippen LogP contribution in [0.3, 0.4) is 0 Å². The van der Waals surface area contributed by atoms with Crippen LogP contribution in [0, 0.1) is 0 Å². The van der Waals surface area contributed by atoms with Gasteiger partial charge in [0, 0.05) is 24.1 Å². The molecule has 27 heavy (non-hydrogen) atoms. The number of nitrogens with one attached hydrogen (secondary N) is 2. The zero-order valence-electron chi connectivity index (χ0n) is 15.0. The molecule has 0 bridgehead atoms. The van der Waals surface area contributed by atoms with Gasteiger partial charge in [-0.15, -0.1) is 0 Å². The molecule has 2 aromatic carbocycles. The third-order valence-corrected chi connectivity index (χ3v) is 4.54. The van der Waals surface area contributed by atoms with Gasteiger partial charge in [-0.3, -0.25) is 9.59 Å². The van der Waals surface area contributed by atoms with Crippen molar-refractivity contribution in [2.75, 3.05) is 13.6 Å². The number of carbonyl (C=O) groups is 2. The first-order valence-corrected chi connectivity index (χ1v) is 8.60. The summed E-state index contributed by atoms with van der Waals surface area (Å²) in [7, 11) is 1.48. The Balaban J connectivity index is 2.08. The Morgan fingerprint density at radius 3 is 2.48 bits per heavy atom. The molecule has 2 N–H and O–H groups in total. The monoisotopic (exact) mass is 374 g/mol. The predicted octanol–water partition coefficient (Wildman–Crippen LogP) is 2.95. The molecular weight excluding hydrogens is 354 g/mol. The van der Waals surface area contributed by atoms with Crippen molar-refractivity contribution in [3.05, 3.63) is 64.7 Å². The summed E-state index contributed by atoms with van der Waals surface area (Å²) in [5, 5.41) is 4.70. The smallest absolute Gasteiger partial charge is 0.255 e. The molecule has 2 aromatic rings. The summed E-state index contributed by atoms with van der Waals surface area (Å²) >= 11 is 0. The van der Waals surface area contributed by atoms with E-state index >= 15 is 0 Å². The van der Waals surface area contributed by atoms with Crippen LogP contribution in [0.25, 0.3) is 0 Å². The molecule has 0 spiro atoms. The van der Waals surface area contributed by atoms with Gasteiger partial charge in [0.2, 0.25) is 0 Å². The van der Waals surface area contributed by atoms with E-state index in [-0.39, 0.29) is 23.1 Å². The van der Waals surface area contributed by atoms with Gasteiger partial charge in [0.15, 0.2) is 0 Å². The summed E-state index contributed by atoms with van der Waals surface area (Å²) < 4.78 is 30.8. The molecule has 7 heteroatoms. The van der Waals surface area contributed by atoms with Gasteiger partial charge in [-0.25, -0.2) is 8.78 Å². The fourth-order valence-electron chi connectivity index (χ4n) is 3.34. The Labute approximate surface area is 155 Å². The second-order valence-electron chi connectivity index (χ2n) is 6.33. The number of amides is 2. The number of rotatable bonds is 5. The summed E-state index contributed by atoms with van der Waals surface area (Å²) in [5.74, 6) is -0.821. The van der Waals surface area contributed by atoms with E-state index < -0.39 is 24.8 Å². The molecule has 0 radical (unpaired) electrons. The number of halogens is 2. The first-order chi connectivity index (χ1) is 12.9. The Hall–Kier alpha value is -2.96. The number of benzene rings is 2. The van der Waals surface area contributed by atoms with Gasteiger partial charge in [-0.2, -0.15) is 0 Å². The van der Waals surface area contributed by atoms with Crippen LogP contribution in [0.4, 0.5) is 8.78 Å². The molecule has 2 unspecified atom stereocenters. The maximum atomic E-state index is 12.4. The molecule has 142 valence electrons. The van der Waals surface area contributed by atoms with E-state index in [2.05, 4.69) is 10.6 Å². The Kier molecular flexibility index (Phi) is 5.39. The van der Waals surface area contributed by atoms with Crippen molar-refractivity contribution in [3.8, 4) is 5.75 Å². The summed E-state index contributed by atoms with van der Waals surface area (Å²) in [6, 6.07) is 12.6. The molecule has 2 amide bonds. The second kappa shape index (κ2) is 7.73. The molecule has 2 atom stereocenters. The normalized spacial score (nSPS) is 18.0. The highest BCUT2D eigenvalue weighted by Crippen LogP contribution is 2.44. The summed E-state index contributed by atoms with van der Waals surface area (Å²) in [5.41, 5.74) is 2.03. The van der Waals surface area contributed by atoms with Gasteiger partial charge >= 0.3 is 0 Å². The van der Waals surface area contributed by atoms with Gasteiger partial charge in [-0.1, -0.05) is 30.3 Å². The van der Waals surface area contributed by atoms with E-state index in [1.807, 2.05) is 37.3 Å². The van der Waals surface area contributed by atoms with Crippen molar-refractivity contribution in [1.29, 1.82) is 0 Å². The lowest BCUT2D eigenvalue weighted by molar-refractivity contribution is 0.0891. The van der Waals surface area contributed by atoms with E-state index in [4.69, 9.17) is 4.74 Å². The minimum atomic E-state index is -2.65. The van der Waals surface area contributed by atoms with Crippen molar-refractivity contribution >= 4 is 11.8 Å². The molecule has 3 rings (SSSR count). The third kappa shape index (κ3) is 3.77. The lowest BCUT2D eigenvalue weighted by Gasteiger charge is -2.15. The van der Waals surface area contributed by atoms with E-state index in [0.717, 1.165) is 5.56 Å². The quantitative estimate of drug-likeness (QED) is 0.846. The molecule has 1 aliphatic heterocycles. The maximum absolute atomic E-state index is 12.4. The zero-order chi connectivity index (χ0) is 19.6. The van der Waals surface area contributed by atoms with Crippen LogP contribution in [0.2, 0.25) is 0 Å². The fourth-order valence-corrected chi connectivity index (χ4v) is 3.34. The van der Waals surface area contributed by atoms with Gasteiger partial charge in [0.1, 0.15) is 11.9 Å². The highest BCUT2D eigenvalue weighted by Gasteiger charge is 2.36. The predicted molar refractivity (Wildman–Crippen MR) is 96.5 cm³/mol. The highest BCUT2D eigenvalue weighted by molar-refractivity contribution is 6.02. The number of hydrogen-bond donors (Lipinski definition) is 2. The topological polar surface area (TPSA) is 67.4 Å². The first-order valence-electron chi connectivity index (χ1n) is 8.60. The Bertz CT molecular complexity index is 856. The van der Waals surface area contributed by atoms with Crippen molar-refractivity contribution in [1.82, 2.24) is 10.6 Å². The van der Waals surface area contributed by atoms with E-state index in [1.165, 1.54) is 13.1 Å². The Morgan fingerprint density at radius 2 is 1.85 bits per heavy atom. The lowest BCUT2D eigenvalue weighted by Crippen LogP contribution is -2.29. The molecule has 0 aromatic heterocycles. The average molecular weight is 374 g/mol. The Morgan fingerprint density at radius 1 is 1.15 bits per heavy atom. The standard InChI is InChI=1S/C20H20F2N2O3/c1-11-17(12-6-4-3-5-7-12)14-8-13(19(25)24-10-16(21)22)9-15(18(14)27-11)20(26)23-2/h3-9,11,16-17H,10H2,1-2H3,(H,23,26)(H,24,25). The van der Waals surface area contributed by atoms with Crippen molar-refractivity contribution < 1.29 is 23.1 Å². The number of carbonyl (C=O) groups excluding carboxylic acids is 2. The second-order valence-corrected chi connectivity index (χ2v) is 6.33. The molecule has 0 saturated heterocycles. The van der Waals surface area contributed by atoms with E-state index in [9.17, 15) is 18.4 Å². The molecule has 5 nitrogen and oxygen atoms in total. The third-order valence-electron chi connectivity index (χ3n) is 4.54. The van der Waals surface area contributed by atoms with Crippen molar-refractivity contribution in [3.63, 3.8) is 0 Å². The summed E-state index contributed by atoms with van der Waals surface area (Å²) in [6.45, 7) is 1.14. The molecule has 0 aliphatic carbocycles. The molecule has 0 fully saturated rings. The molecular formula is C20H20F2N2O3. The van der Waals surface area contributed by atoms with Crippen LogP contribution in [0.1, 0.15) is 44.7 Å². The van der Waals surface area contributed by atoms with Crippen molar-refractivity contribution in [2.45, 2.75) is 25.4 Å². The van der Waals surface area contributed by atoms with E-state index in [1.54, 1.807) is 6.07 Å². The van der Waals surface area contributed by atoms with Crippen LogP contribution in [0.5, 0.6) is 5.75 Å². The SMILES string of the molecule is CNC(=O)c1cc(C(=O)NCC(F)F)cc2c1OC(C)C2c1ccccc1. The average Bonchev–Trinajstić information content (AvgIpc) is 3.00. The first kappa shape index (κ1) is 18.8. The molecule has 1 aliphatic rings. The van der Waals surface area contributed by atoms with Crippen LogP contribution >= 0.6 is 0 Å². The highest BCUT2D eigenvalue weighted by atomic mass is 19.3. The van der Waals surface area contributed by atoms with E-state index in [0.29, 0.717) is 11.3 Å². The van der Waals surface area contributed by atoms with Gasteiger partial charge < -0.3 is 15.4 Å². The van der Waals surface area contributed by atoms with Crippen LogP contribution < -0.4 is 15.4 Å². The van der Waals surface area contributed by atoms with Crippen LogP contribution in [0.15, 0.2) is 42.5 Å². The maximum Gasteiger partial charge on any atom is 0.255 e. The van der Waals surface area contributed by atoms with Crippen molar-refractivity contribution in [2.24, 2.45) is 0 Å². The number of alkyl halides is 2. The molecule has 0 saturated carbocycles. The van der Waals surface area contributed by atoms with Gasteiger partial charge in [-0.05, 0) is 24.6 Å². The summed E-state index contributed by atoms with van der Waals surface area (Å²) in [4.78, 5) is 24.6. The largest absolute Gasteiger partial charge is 0.489 e. The number of ether oxygens (including phenoxy) is 1. The minimum Gasteiger partial charge on any atom is -0.489 e. The van der Waals surface area contributed by atoms with Crippen LogP contribution in [-0.4, -0.2) is 37.9 Å². The lowest BCUT2D eigenvalue weighted by atomic mass is 9.87. The minimum absolute atomic E-state index is 0.145. The summed E-state index contributed by atoms with van der Waals surface area (Å²) in [6.07, 6.45) is -2.90. The van der Waals surface area contributed by atoms with Gasteiger partial charge in [0.25, 0.3) is 18.2 Å². The van der Waals surface area contributed by atoms with Gasteiger partial charge in [0.05, 0.1) is 12.1 Å².